The summed E-state index contributed by atoms with van der Waals surface area (Å²) in [4.78, 5) is 94.7. The highest BCUT2D eigenvalue weighted by molar-refractivity contribution is 6.38. The van der Waals surface area contributed by atoms with E-state index in [1.165, 1.54) is 18.6 Å². The quantitative estimate of drug-likeness (QED) is 0.220. The first-order valence-corrected chi connectivity index (χ1v) is 19.1. The van der Waals surface area contributed by atoms with E-state index in [1.54, 1.807) is 9.80 Å². The topological polar surface area (TPSA) is 171 Å². The lowest BCUT2D eigenvalue weighted by Crippen LogP contribution is -2.83. The fourth-order valence-corrected chi connectivity index (χ4v) is 8.87. The molecule has 5 atom stereocenters. The van der Waals surface area contributed by atoms with E-state index in [0.717, 1.165) is 51.4 Å². The molecular weight excluding hydrogens is 650 g/mol. The van der Waals surface area contributed by atoms with Gasteiger partial charge in [0, 0.05) is 25.0 Å². The maximum atomic E-state index is 15.0. The molecule has 2 saturated heterocycles. The van der Waals surface area contributed by atoms with Crippen LogP contribution in [0.4, 0.5) is 0 Å². The smallest absolute Gasteiger partial charge is 0.289 e. The summed E-state index contributed by atoms with van der Waals surface area (Å²) in [6.45, 7) is 10.2. The highest BCUT2D eigenvalue weighted by Gasteiger charge is 2.66. The summed E-state index contributed by atoms with van der Waals surface area (Å²) in [7, 11) is 0. The predicted molar refractivity (Wildman–Crippen MR) is 188 cm³/mol. The second kappa shape index (κ2) is 14.6. The third-order valence-electron chi connectivity index (χ3n) is 12.0. The summed E-state index contributed by atoms with van der Waals surface area (Å²) in [5.74, 6) is -2.71. The molecule has 278 valence electrons. The van der Waals surface area contributed by atoms with Crippen LogP contribution in [-0.4, -0.2) is 97.4 Å². The van der Waals surface area contributed by atoms with E-state index >= 15 is 4.79 Å². The molecule has 13 nitrogen and oxygen atoms in total. The van der Waals surface area contributed by atoms with Gasteiger partial charge in [-0.1, -0.05) is 73.1 Å². The zero-order valence-corrected chi connectivity index (χ0v) is 30.8. The van der Waals surface area contributed by atoms with Gasteiger partial charge in [-0.3, -0.25) is 33.8 Å². The molecule has 3 N–H and O–H groups in total. The zero-order chi connectivity index (χ0) is 36.7. The van der Waals surface area contributed by atoms with Gasteiger partial charge in [-0.25, -0.2) is 4.98 Å². The van der Waals surface area contributed by atoms with Gasteiger partial charge in [-0.15, -0.1) is 0 Å². The van der Waals surface area contributed by atoms with Crippen LogP contribution in [0.1, 0.15) is 122 Å². The standard InChI is InChI=1S/C38H55N7O6/c1-22(2)25-14-19-44(28(25)33(48)42-26(20-23-10-9-11-23)29(46)34(49)41-24-12-13-24)36(51)31(37(3,4)5)45-35(50)30(38(45)15-7-6-8-16-38)43-32(47)27-21-39-17-18-40-27/h17-18,21-26,28,30-31H,6-16,19-20H2,1-5H3,(H,41,49)(H,42,48)(H,43,47)/t25-,26?,28+,30-,31-/m1/s1. The number of ketones is 1. The summed E-state index contributed by atoms with van der Waals surface area (Å²) in [5.41, 5.74) is -1.36. The molecule has 3 saturated carbocycles. The molecular formula is C38H55N7O6. The minimum Gasteiger partial charge on any atom is -0.347 e. The molecule has 5 amide bonds. The second-order valence-electron chi connectivity index (χ2n) is 17.0. The number of nitrogens with zero attached hydrogens (tertiary/aromatic N) is 4. The molecule has 51 heavy (non-hydrogen) atoms. The monoisotopic (exact) mass is 705 g/mol. The molecule has 3 heterocycles. The van der Waals surface area contributed by atoms with E-state index in [4.69, 9.17) is 0 Å². The Hall–Kier alpha value is -3.90. The lowest BCUT2D eigenvalue weighted by atomic mass is 9.65. The highest BCUT2D eigenvalue weighted by atomic mass is 16.2. The highest BCUT2D eigenvalue weighted by Crippen LogP contribution is 2.49. The normalized spacial score (nSPS) is 25.8. The van der Waals surface area contributed by atoms with Crippen LogP contribution in [0.3, 0.4) is 0 Å². The lowest BCUT2D eigenvalue weighted by Gasteiger charge is -2.63. The molecule has 13 heteroatoms. The summed E-state index contributed by atoms with van der Waals surface area (Å²) < 4.78 is 0. The third kappa shape index (κ3) is 7.40. The second-order valence-corrected chi connectivity index (χ2v) is 17.0. The van der Waals surface area contributed by atoms with Crippen molar-refractivity contribution < 1.29 is 28.8 Å². The molecule has 5 aliphatic rings. The van der Waals surface area contributed by atoms with E-state index < -0.39 is 58.6 Å². The van der Waals surface area contributed by atoms with Gasteiger partial charge in [0.1, 0.15) is 23.8 Å². The maximum absolute atomic E-state index is 15.0. The molecule has 5 fully saturated rings. The Bertz CT molecular complexity index is 1510. The molecule has 0 radical (unpaired) electrons. The van der Waals surface area contributed by atoms with Gasteiger partial charge in [0.2, 0.25) is 23.5 Å². The Morgan fingerprint density at radius 3 is 2.22 bits per heavy atom. The van der Waals surface area contributed by atoms with E-state index in [0.29, 0.717) is 32.2 Å². The predicted octanol–water partition coefficient (Wildman–Crippen LogP) is 2.93. The fourth-order valence-electron chi connectivity index (χ4n) is 8.87. The minimum absolute atomic E-state index is 0.0145. The average molecular weight is 706 g/mol. The Balaban J connectivity index is 1.27. The summed E-state index contributed by atoms with van der Waals surface area (Å²) in [6, 6.07) is -3.53. The van der Waals surface area contributed by atoms with Gasteiger partial charge >= 0.3 is 0 Å². The van der Waals surface area contributed by atoms with Crippen LogP contribution in [0, 0.1) is 23.2 Å². The van der Waals surface area contributed by atoms with Crippen molar-refractivity contribution in [3.8, 4) is 0 Å². The molecule has 1 aromatic heterocycles. The van der Waals surface area contributed by atoms with Crippen LogP contribution in [0.5, 0.6) is 0 Å². The summed E-state index contributed by atoms with van der Waals surface area (Å²) >= 11 is 0. The number of hydrogen-bond acceptors (Lipinski definition) is 8. The van der Waals surface area contributed by atoms with Crippen molar-refractivity contribution in [3.63, 3.8) is 0 Å². The van der Waals surface area contributed by atoms with Crippen molar-refractivity contribution in [1.29, 1.82) is 0 Å². The van der Waals surface area contributed by atoms with Gasteiger partial charge in [-0.2, -0.15) is 0 Å². The number of nitrogens with one attached hydrogen (secondary N) is 3. The van der Waals surface area contributed by atoms with Crippen LogP contribution in [0.25, 0.3) is 0 Å². The van der Waals surface area contributed by atoms with Crippen LogP contribution in [-0.2, 0) is 24.0 Å². The number of amides is 5. The first-order valence-electron chi connectivity index (χ1n) is 19.1. The van der Waals surface area contributed by atoms with Crippen LogP contribution < -0.4 is 16.0 Å². The number of aromatic nitrogens is 2. The lowest BCUT2D eigenvalue weighted by molar-refractivity contribution is -0.187. The van der Waals surface area contributed by atoms with Gasteiger partial charge < -0.3 is 25.8 Å². The summed E-state index contributed by atoms with van der Waals surface area (Å²) in [5, 5.41) is 8.68. The van der Waals surface area contributed by atoms with Gasteiger partial charge in [-0.05, 0) is 61.7 Å². The number of rotatable bonds is 12. The first kappa shape index (κ1) is 36.9. The van der Waals surface area contributed by atoms with E-state index in [1.807, 2.05) is 34.6 Å². The summed E-state index contributed by atoms with van der Waals surface area (Å²) in [6.07, 6.45) is 13.9. The molecule has 0 aromatic carbocycles. The molecule has 1 spiro atoms. The van der Waals surface area contributed by atoms with Gasteiger partial charge in [0.25, 0.3) is 11.8 Å². The van der Waals surface area contributed by atoms with Crippen LogP contribution in [0.2, 0.25) is 0 Å². The Kier molecular flexibility index (Phi) is 10.6. The van der Waals surface area contributed by atoms with E-state index in [9.17, 15) is 24.0 Å². The van der Waals surface area contributed by atoms with Crippen LogP contribution in [0.15, 0.2) is 18.6 Å². The molecule has 1 aromatic rings. The maximum Gasteiger partial charge on any atom is 0.289 e. The SMILES string of the molecule is CC(C)[C@H]1CCN(C(=O)[C@@H](N2C(=O)[C@@H](NC(=O)c3cnccn3)C23CCCCC3)C(C)(C)C)[C@@H]1C(=O)NC(CC1CCC1)C(=O)C(=O)NC1CC1. The Labute approximate surface area is 300 Å². The zero-order valence-electron chi connectivity index (χ0n) is 30.8. The van der Waals surface area contributed by atoms with Crippen molar-refractivity contribution in [2.75, 3.05) is 6.54 Å². The van der Waals surface area contributed by atoms with E-state index in [-0.39, 0.29) is 41.3 Å². The van der Waals surface area contributed by atoms with Crippen LogP contribution >= 0.6 is 0 Å². The van der Waals surface area contributed by atoms with Crippen molar-refractivity contribution >= 4 is 35.3 Å². The van der Waals surface area contributed by atoms with Gasteiger partial charge in [0.15, 0.2) is 0 Å². The first-order chi connectivity index (χ1) is 24.2. The molecule has 6 rings (SSSR count). The minimum atomic E-state index is -0.966. The number of Topliss-reactive ketones (excluding diaryl/α,β-unsaturated/α-hetero) is 1. The van der Waals surface area contributed by atoms with Crippen molar-refractivity contribution in [2.45, 2.75) is 147 Å². The fraction of sp³-hybridized carbons (Fsp3) is 0.737. The van der Waals surface area contributed by atoms with Gasteiger partial charge in [0.05, 0.1) is 17.8 Å². The third-order valence-corrected chi connectivity index (χ3v) is 12.0. The number of likely N-dealkylation sites (tertiary alicyclic amines) is 2. The molecule has 3 aliphatic carbocycles. The molecule has 1 unspecified atom stereocenters. The Morgan fingerprint density at radius 2 is 1.65 bits per heavy atom. The van der Waals surface area contributed by atoms with Crippen molar-refractivity contribution in [1.82, 2.24) is 35.7 Å². The molecule has 0 bridgehead atoms. The number of β-lactam (4-membered cyclic amide) rings is 1. The van der Waals surface area contributed by atoms with Crippen molar-refractivity contribution in [2.24, 2.45) is 23.2 Å². The average Bonchev–Trinajstić information content (AvgIpc) is 3.78. The number of carbonyl (C=O) groups is 6. The molecule has 2 aliphatic heterocycles. The number of carbonyl (C=O) groups excluding carboxylic acids is 6. The van der Waals surface area contributed by atoms with Crippen molar-refractivity contribution in [3.05, 3.63) is 24.3 Å². The van der Waals surface area contributed by atoms with E-state index in [2.05, 4.69) is 25.9 Å². The largest absolute Gasteiger partial charge is 0.347 e. The number of hydrogen-bond donors (Lipinski definition) is 3. The Morgan fingerprint density at radius 1 is 0.941 bits per heavy atom.